The van der Waals surface area contributed by atoms with Gasteiger partial charge in [-0.15, -0.1) is 0 Å². The Balaban J connectivity index is 1.01. The highest BCUT2D eigenvalue weighted by atomic mass is 15.2. The van der Waals surface area contributed by atoms with Crippen molar-refractivity contribution in [1.29, 1.82) is 0 Å². The van der Waals surface area contributed by atoms with Crippen molar-refractivity contribution in [3.05, 3.63) is 194 Å². The van der Waals surface area contributed by atoms with E-state index in [2.05, 4.69) is 200 Å². The topological polar surface area (TPSA) is 71.3 Å². The third-order valence-corrected chi connectivity index (χ3v) is 12.7. The Bertz CT molecular complexity index is 4150. The van der Waals surface area contributed by atoms with E-state index in [0.717, 1.165) is 77.1 Å². The number of fused-ring (bicyclic) bond motifs is 15. The van der Waals surface area contributed by atoms with Gasteiger partial charge in [-0.1, -0.05) is 127 Å². The van der Waals surface area contributed by atoms with Gasteiger partial charge in [0.25, 0.3) is 0 Å². The van der Waals surface area contributed by atoms with Gasteiger partial charge in [-0.05, 0) is 54.6 Å². The van der Waals surface area contributed by atoms with Crippen LogP contribution in [0.3, 0.4) is 0 Å². The van der Waals surface area contributed by atoms with E-state index in [0.29, 0.717) is 22.9 Å². The van der Waals surface area contributed by atoms with E-state index in [-0.39, 0.29) is 0 Å². The summed E-state index contributed by atoms with van der Waals surface area (Å²) in [6.45, 7) is 0. The van der Waals surface area contributed by atoms with Crippen LogP contribution < -0.4 is 0 Å². The van der Waals surface area contributed by atoms with Crippen LogP contribution in [0.5, 0.6) is 0 Å². The van der Waals surface area contributed by atoms with Gasteiger partial charge in [-0.25, -0.2) is 15.0 Å². The van der Waals surface area contributed by atoms with Gasteiger partial charge in [0, 0.05) is 54.5 Å². The molecule has 0 fully saturated rings. The molecule has 0 saturated carbocycles. The van der Waals surface area contributed by atoms with Gasteiger partial charge in [0.2, 0.25) is 5.95 Å². The number of hydrogen-bond acceptors (Lipinski definition) is 4. The molecule has 6 heterocycles. The lowest BCUT2D eigenvalue weighted by atomic mass is 10.1. The maximum atomic E-state index is 5.29. The van der Waals surface area contributed by atoms with Crippen LogP contribution >= 0.6 is 0 Å². The molecule has 288 valence electrons. The largest absolute Gasteiger partial charge is 0.309 e. The molecule has 6 aromatic heterocycles. The van der Waals surface area contributed by atoms with Crippen molar-refractivity contribution in [2.45, 2.75) is 0 Å². The molecular formula is C54H32N8. The van der Waals surface area contributed by atoms with E-state index in [1.807, 2.05) is 12.4 Å². The van der Waals surface area contributed by atoms with Crippen molar-refractivity contribution in [3.8, 4) is 23.1 Å². The molecule has 0 unspecified atom stereocenters. The lowest BCUT2D eigenvalue weighted by molar-refractivity contribution is 0.985. The summed E-state index contributed by atoms with van der Waals surface area (Å²) in [7, 11) is 0. The molecule has 8 heteroatoms. The summed E-state index contributed by atoms with van der Waals surface area (Å²) < 4.78 is 9.19. The summed E-state index contributed by atoms with van der Waals surface area (Å²) in [6.07, 6.45) is 3.67. The quantitative estimate of drug-likeness (QED) is 0.178. The average Bonchev–Trinajstić information content (AvgIpc) is 4.07. The fourth-order valence-electron chi connectivity index (χ4n) is 10.2. The molecule has 0 amide bonds. The highest BCUT2D eigenvalue weighted by Crippen LogP contribution is 2.43. The number of hydrogen-bond donors (Lipinski definition) is 0. The van der Waals surface area contributed by atoms with Crippen molar-refractivity contribution < 1.29 is 0 Å². The lowest BCUT2D eigenvalue weighted by Gasteiger charge is -2.12. The van der Waals surface area contributed by atoms with Gasteiger partial charge in [-0.2, -0.15) is 4.98 Å². The second-order valence-electron chi connectivity index (χ2n) is 15.9. The van der Waals surface area contributed by atoms with E-state index in [9.17, 15) is 0 Å². The summed E-state index contributed by atoms with van der Waals surface area (Å²) in [4.78, 5) is 20.6. The summed E-state index contributed by atoms with van der Waals surface area (Å²) in [6, 6.07) is 64.5. The predicted molar refractivity (Wildman–Crippen MR) is 252 cm³/mol. The molecule has 8 aromatic carbocycles. The first kappa shape index (κ1) is 33.2. The van der Waals surface area contributed by atoms with Crippen LogP contribution in [0.4, 0.5) is 0 Å². The van der Waals surface area contributed by atoms with E-state index < -0.39 is 0 Å². The molecule has 0 bridgehead atoms. The van der Waals surface area contributed by atoms with Crippen LogP contribution in [0.25, 0.3) is 122 Å². The highest BCUT2D eigenvalue weighted by Gasteiger charge is 2.24. The van der Waals surface area contributed by atoms with Crippen molar-refractivity contribution in [1.82, 2.24) is 38.2 Å². The number of benzene rings is 8. The molecule has 14 rings (SSSR count). The van der Waals surface area contributed by atoms with Gasteiger partial charge >= 0.3 is 0 Å². The third-order valence-electron chi connectivity index (χ3n) is 12.7. The molecular weight excluding hydrogens is 761 g/mol. The summed E-state index contributed by atoms with van der Waals surface area (Å²) in [5.74, 6) is 1.24. The zero-order valence-corrected chi connectivity index (χ0v) is 33.1. The number of para-hydroxylation sites is 6. The minimum absolute atomic E-state index is 0.522. The van der Waals surface area contributed by atoms with Gasteiger partial charge < -0.3 is 9.13 Å². The maximum Gasteiger partial charge on any atom is 0.236 e. The Hall–Kier alpha value is -8.62. The Morgan fingerprint density at radius 2 is 0.774 bits per heavy atom. The van der Waals surface area contributed by atoms with Crippen molar-refractivity contribution in [3.63, 3.8) is 0 Å². The van der Waals surface area contributed by atoms with Gasteiger partial charge in [0.05, 0.1) is 56.5 Å². The molecule has 0 spiro atoms. The Morgan fingerprint density at radius 3 is 1.39 bits per heavy atom. The molecule has 0 aliphatic heterocycles. The molecule has 0 radical (unpaired) electrons. The predicted octanol–water partition coefficient (Wildman–Crippen LogP) is 12.8. The van der Waals surface area contributed by atoms with Crippen LogP contribution in [-0.4, -0.2) is 38.2 Å². The standard InChI is InChI=1S/C54H32N8/c1-3-15-33(16-4-1)59-43-23-11-7-19-35(43)38-29-30-47-49(50(38)59)41-22-10-14-26-46(41)61(47)54-56-31-42-53(58-54)55-32-48(57-42)62-45-25-13-9-21-37(45)40-28-27-39-36-20-8-12-24-44(36)60(51(39)52(40)62)34-17-5-2-6-18-34/h1-32H. The van der Waals surface area contributed by atoms with Crippen molar-refractivity contribution in [2.75, 3.05) is 0 Å². The van der Waals surface area contributed by atoms with E-state index in [4.69, 9.17) is 19.9 Å². The summed E-state index contributed by atoms with van der Waals surface area (Å²) >= 11 is 0. The van der Waals surface area contributed by atoms with Crippen LogP contribution in [0.15, 0.2) is 194 Å². The van der Waals surface area contributed by atoms with Crippen molar-refractivity contribution >= 4 is 98.4 Å². The van der Waals surface area contributed by atoms with Gasteiger partial charge in [-0.3, -0.25) is 9.13 Å². The van der Waals surface area contributed by atoms with E-state index in [1.54, 1.807) is 0 Å². The highest BCUT2D eigenvalue weighted by molar-refractivity contribution is 6.26. The first-order valence-corrected chi connectivity index (χ1v) is 20.8. The molecule has 0 aliphatic carbocycles. The van der Waals surface area contributed by atoms with E-state index >= 15 is 0 Å². The number of rotatable bonds is 4. The van der Waals surface area contributed by atoms with Crippen LogP contribution in [0, 0.1) is 0 Å². The average molecular weight is 793 g/mol. The molecule has 0 N–H and O–H groups in total. The normalized spacial score (nSPS) is 12.2. The monoisotopic (exact) mass is 792 g/mol. The first-order valence-electron chi connectivity index (χ1n) is 20.8. The maximum absolute atomic E-state index is 5.29. The van der Waals surface area contributed by atoms with Crippen LogP contribution in [-0.2, 0) is 0 Å². The fourth-order valence-corrected chi connectivity index (χ4v) is 10.2. The van der Waals surface area contributed by atoms with Crippen LogP contribution in [0.2, 0.25) is 0 Å². The molecule has 0 saturated heterocycles. The smallest absolute Gasteiger partial charge is 0.236 e. The fraction of sp³-hybridized carbons (Fsp3) is 0. The molecule has 0 atom stereocenters. The Kier molecular flexibility index (Phi) is 6.68. The van der Waals surface area contributed by atoms with Gasteiger partial charge in [0.1, 0.15) is 5.52 Å². The minimum Gasteiger partial charge on any atom is -0.309 e. The van der Waals surface area contributed by atoms with Crippen LogP contribution in [0.1, 0.15) is 0 Å². The second kappa shape index (κ2) is 12.5. The Labute approximate surface area is 352 Å². The van der Waals surface area contributed by atoms with Crippen molar-refractivity contribution in [2.24, 2.45) is 0 Å². The zero-order chi connectivity index (χ0) is 40.5. The summed E-state index contributed by atoms with van der Waals surface area (Å²) in [5, 5.41) is 9.35. The Morgan fingerprint density at radius 1 is 0.306 bits per heavy atom. The molecule has 8 nitrogen and oxygen atoms in total. The second-order valence-corrected chi connectivity index (χ2v) is 15.9. The first-order chi connectivity index (χ1) is 30.8. The third kappa shape index (κ3) is 4.44. The summed E-state index contributed by atoms with van der Waals surface area (Å²) in [5.41, 5.74) is 12.1. The SMILES string of the molecule is c1ccc(-n2c3ccccc3c3ccc4c(c5ccccc5n4-c4ncc5nc(-n6c7ccccc7c7ccc8c9ccccc9n(-c9ccccc9)c8c76)cnc5n4)c32)cc1. The zero-order valence-electron chi connectivity index (χ0n) is 33.1. The van der Waals surface area contributed by atoms with E-state index in [1.165, 1.54) is 21.5 Å². The molecule has 62 heavy (non-hydrogen) atoms. The van der Waals surface area contributed by atoms with Gasteiger partial charge in [0.15, 0.2) is 11.5 Å². The molecule has 0 aliphatic rings. The minimum atomic E-state index is 0.522. The lowest BCUT2D eigenvalue weighted by Crippen LogP contribution is -2.05. The number of nitrogens with zero attached hydrogens (tertiary/aromatic N) is 8. The number of aromatic nitrogens is 8. The molecule has 14 aromatic rings.